The van der Waals surface area contributed by atoms with Gasteiger partial charge in [-0.2, -0.15) is 13.2 Å². The highest BCUT2D eigenvalue weighted by Gasteiger charge is 2.43. The lowest BCUT2D eigenvalue weighted by molar-refractivity contribution is -0.138. The Morgan fingerprint density at radius 1 is 1.19 bits per heavy atom. The molecule has 0 atom stereocenters. The Balaban J connectivity index is 1.85. The number of carbonyl (C=O) groups is 1. The molecule has 0 aliphatic carbocycles. The van der Waals surface area contributed by atoms with Crippen molar-refractivity contribution >= 4 is 42.4 Å². The van der Waals surface area contributed by atoms with Crippen LogP contribution in [0.15, 0.2) is 29.2 Å². The number of hydrogen-bond donors (Lipinski definition) is 1. The van der Waals surface area contributed by atoms with Crippen molar-refractivity contribution in [2.75, 3.05) is 10.6 Å². The largest absolute Gasteiger partial charge is 0.445 e. The number of fused-ring (bicyclic) bond motifs is 1. The monoisotopic (exact) mass is 428 g/mol. The van der Waals surface area contributed by atoms with E-state index in [1.54, 1.807) is 4.72 Å². The molecule has 140 valence electrons. The van der Waals surface area contributed by atoms with Gasteiger partial charge in [0.2, 0.25) is 10.1 Å². The lowest BCUT2D eigenvalue weighted by Crippen LogP contribution is -2.37. The van der Waals surface area contributed by atoms with Crippen molar-refractivity contribution in [1.82, 2.24) is 14.5 Å². The number of amides is 1. The zero-order valence-corrected chi connectivity index (χ0v) is 14.7. The van der Waals surface area contributed by atoms with Gasteiger partial charge in [-0.15, -0.1) is 10.2 Å². The molecule has 3 rings (SSSR count). The van der Waals surface area contributed by atoms with E-state index in [0.717, 1.165) is 6.07 Å². The molecule has 0 unspecified atom stereocenters. The minimum Gasteiger partial charge on any atom is -0.268 e. The summed E-state index contributed by atoms with van der Waals surface area (Å²) in [7, 11) is -8.94. The van der Waals surface area contributed by atoms with Gasteiger partial charge < -0.3 is 0 Å². The van der Waals surface area contributed by atoms with Gasteiger partial charge in [-0.1, -0.05) is 23.5 Å². The van der Waals surface area contributed by atoms with E-state index in [1.807, 2.05) is 0 Å². The van der Waals surface area contributed by atoms with Gasteiger partial charge in [0.15, 0.2) is 5.88 Å². The average molecular weight is 428 g/mol. The molecule has 15 heteroatoms. The highest BCUT2D eigenvalue weighted by molar-refractivity contribution is 7.95. The van der Waals surface area contributed by atoms with Crippen LogP contribution in [0.1, 0.15) is 15.4 Å². The first-order chi connectivity index (χ1) is 11.9. The second-order valence-corrected chi connectivity index (χ2v) is 9.41. The van der Waals surface area contributed by atoms with Crippen molar-refractivity contribution in [3.8, 4) is 0 Å². The predicted octanol–water partition coefficient (Wildman–Crippen LogP) is 1.10. The van der Waals surface area contributed by atoms with Gasteiger partial charge in [0.05, 0.1) is 5.56 Å². The van der Waals surface area contributed by atoms with Crippen molar-refractivity contribution in [3.05, 3.63) is 34.8 Å². The van der Waals surface area contributed by atoms with E-state index in [0.29, 0.717) is 0 Å². The van der Waals surface area contributed by atoms with Crippen LogP contribution in [0.2, 0.25) is 0 Å². The second-order valence-electron chi connectivity index (χ2n) is 4.91. The Morgan fingerprint density at radius 3 is 2.42 bits per heavy atom. The van der Waals surface area contributed by atoms with Crippen molar-refractivity contribution in [2.45, 2.75) is 11.1 Å². The quantitative estimate of drug-likeness (QED) is 0.773. The second kappa shape index (κ2) is 5.88. The standard InChI is InChI=1S/C11H7F3N4O5S3/c12-11(13,14)9-15-16-10(24-9)17-25(20,21)5-18-8(19)6-3-1-2-4-7(6)26(18,22)23/h1-4H,5H2,(H,16,17). The molecule has 1 aromatic heterocycles. The number of alkyl halides is 3. The first-order valence-electron chi connectivity index (χ1n) is 6.49. The van der Waals surface area contributed by atoms with Gasteiger partial charge in [0.1, 0.15) is 4.90 Å². The SMILES string of the molecule is O=C1c2ccccc2S(=O)(=O)N1CS(=O)(=O)Nc1nnc(C(F)(F)F)s1. The van der Waals surface area contributed by atoms with Gasteiger partial charge in [-0.25, -0.2) is 21.1 Å². The van der Waals surface area contributed by atoms with Crippen molar-refractivity contribution in [2.24, 2.45) is 0 Å². The molecule has 2 aromatic rings. The molecule has 0 fully saturated rings. The van der Waals surface area contributed by atoms with E-state index in [4.69, 9.17) is 0 Å². The summed E-state index contributed by atoms with van der Waals surface area (Å²) in [6.07, 6.45) is -4.81. The van der Waals surface area contributed by atoms with Crippen LogP contribution < -0.4 is 4.72 Å². The maximum atomic E-state index is 12.5. The number of halogens is 3. The molecule has 1 amide bonds. The molecule has 2 heterocycles. The first-order valence-corrected chi connectivity index (χ1v) is 10.4. The summed E-state index contributed by atoms with van der Waals surface area (Å²) in [6, 6.07) is 5.13. The summed E-state index contributed by atoms with van der Waals surface area (Å²) in [5, 5.41) is 3.75. The minimum absolute atomic E-state index is 0.0778. The Hall–Kier alpha value is -2.26. The van der Waals surface area contributed by atoms with Gasteiger partial charge in [-0.05, 0) is 12.1 Å². The van der Waals surface area contributed by atoms with Gasteiger partial charge in [-0.3, -0.25) is 9.52 Å². The van der Waals surface area contributed by atoms with Gasteiger partial charge in [0.25, 0.3) is 26.0 Å². The molecular weight excluding hydrogens is 421 g/mol. The van der Waals surface area contributed by atoms with E-state index in [-0.39, 0.29) is 26.1 Å². The van der Waals surface area contributed by atoms with Crippen LogP contribution in [0.5, 0.6) is 0 Å². The topological polar surface area (TPSA) is 126 Å². The molecule has 0 spiro atoms. The summed E-state index contributed by atoms with van der Waals surface area (Å²) in [5.74, 6) is -2.37. The molecule has 1 N–H and O–H groups in total. The molecule has 0 bridgehead atoms. The fraction of sp³-hybridized carbons (Fsp3) is 0.182. The zero-order valence-electron chi connectivity index (χ0n) is 12.3. The molecule has 0 saturated carbocycles. The van der Waals surface area contributed by atoms with Crippen molar-refractivity contribution < 1.29 is 34.8 Å². The number of nitrogens with one attached hydrogen (secondary N) is 1. The third-order valence-corrected chi connectivity index (χ3v) is 7.18. The molecule has 1 aromatic carbocycles. The van der Waals surface area contributed by atoms with E-state index in [1.165, 1.54) is 18.2 Å². The summed E-state index contributed by atoms with van der Waals surface area (Å²) >= 11 is -0.0778. The van der Waals surface area contributed by atoms with Crippen molar-refractivity contribution in [1.29, 1.82) is 0 Å². The number of rotatable bonds is 4. The fourth-order valence-electron chi connectivity index (χ4n) is 2.06. The van der Waals surface area contributed by atoms with Crippen LogP contribution in [0.4, 0.5) is 18.3 Å². The third-order valence-electron chi connectivity index (χ3n) is 3.11. The predicted molar refractivity (Wildman–Crippen MR) is 82.1 cm³/mol. The minimum atomic E-state index is -4.81. The number of nitrogens with zero attached hydrogens (tertiary/aromatic N) is 3. The van der Waals surface area contributed by atoms with E-state index < -0.39 is 48.1 Å². The van der Waals surface area contributed by atoms with Crippen LogP contribution in [-0.4, -0.2) is 43.1 Å². The Kier molecular flexibility index (Phi) is 4.19. The molecular formula is C11H7F3N4O5S3. The lowest BCUT2D eigenvalue weighted by atomic mass is 10.2. The summed E-state index contributed by atoms with van der Waals surface area (Å²) in [4.78, 5) is 11.8. The molecule has 9 nitrogen and oxygen atoms in total. The highest BCUT2D eigenvalue weighted by atomic mass is 32.2. The fourth-order valence-corrected chi connectivity index (χ4v) is 6.07. The number of hydrogen-bond acceptors (Lipinski definition) is 8. The molecule has 0 radical (unpaired) electrons. The Labute approximate surface area is 148 Å². The van der Waals surface area contributed by atoms with Crippen molar-refractivity contribution in [3.63, 3.8) is 0 Å². The summed E-state index contributed by atoms with van der Waals surface area (Å²) < 4.78 is 88.0. The Morgan fingerprint density at radius 2 is 1.85 bits per heavy atom. The number of benzene rings is 1. The van der Waals surface area contributed by atoms with E-state index in [2.05, 4.69) is 10.2 Å². The number of aromatic nitrogens is 2. The first kappa shape index (κ1) is 18.5. The molecule has 26 heavy (non-hydrogen) atoms. The lowest BCUT2D eigenvalue weighted by Gasteiger charge is -2.15. The normalized spacial score (nSPS) is 16.6. The number of sulfonamides is 2. The third kappa shape index (κ3) is 3.24. The smallest absolute Gasteiger partial charge is 0.268 e. The number of carbonyl (C=O) groups excluding carboxylic acids is 1. The van der Waals surface area contributed by atoms with Gasteiger partial charge in [0, 0.05) is 0 Å². The highest BCUT2D eigenvalue weighted by Crippen LogP contribution is 2.34. The zero-order chi connectivity index (χ0) is 19.3. The summed E-state index contributed by atoms with van der Waals surface area (Å²) in [6.45, 7) is 0. The maximum absolute atomic E-state index is 12.5. The number of anilines is 1. The average Bonchev–Trinajstić information content (AvgIpc) is 3.05. The Bertz CT molecular complexity index is 1090. The van der Waals surface area contributed by atoms with E-state index >= 15 is 0 Å². The molecule has 1 aliphatic heterocycles. The molecule has 0 saturated heterocycles. The van der Waals surface area contributed by atoms with Gasteiger partial charge >= 0.3 is 6.18 Å². The van der Waals surface area contributed by atoms with Crippen LogP contribution in [0.3, 0.4) is 0 Å². The van der Waals surface area contributed by atoms with Crippen LogP contribution in [-0.2, 0) is 26.2 Å². The summed E-state index contributed by atoms with van der Waals surface area (Å²) in [5.41, 5.74) is -0.196. The van der Waals surface area contributed by atoms with E-state index in [9.17, 15) is 34.8 Å². The maximum Gasteiger partial charge on any atom is 0.445 e. The molecule has 1 aliphatic rings. The van der Waals surface area contributed by atoms with Crippen LogP contribution in [0, 0.1) is 0 Å². The van der Waals surface area contributed by atoms with Crippen LogP contribution >= 0.6 is 11.3 Å². The van der Waals surface area contributed by atoms with Crippen LogP contribution in [0.25, 0.3) is 0 Å².